The summed E-state index contributed by atoms with van der Waals surface area (Å²) in [4.78, 5) is 15.3. The van der Waals surface area contributed by atoms with Crippen molar-refractivity contribution in [1.29, 1.82) is 0 Å². The molecule has 3 aromatic rings. The third-order valence-electron chi connectivity index (χ3n) is 4.40. The van der Waals surface area contributed by atoms with E-state index in [0.29, 0.717) is 23.6 Å². The van der Waals surface area contributed by atoms with Gasteiger partial charge in [-0.3, -0.25) is 0 Å². The van der Waals surface area contributed by atoms with Crippen molar-refractivity contribution in [3.05, 3.63) is 58.1 Å². The van der Waals surface area contributed by atoms with Crippen LogP contribution in [-0.4, -0.2) is 53.7 Å². The highest BCUT2D eigenvalue weighted by molar-refractivity contribution is 9.10. The number of aromatic amines is 1. The van der Waals surface area contributed by atoms with Gasteiger partial charge >= 0.3 is 0 Å². The smallest absolute Gasteiger partial charge is 0.199 e. The van der Waals surface area contributed by atoms with E-state index in [4.69, 9.17) is 9.83 Å². The number of aromatic nitrogens is 1. The van der Waals surface area contributed by atoms with Crippen LogP contribution < -0.4 is 0 Å². The predicted molar refractivity (Wildman–Crippen MR) is 119 cm³/mol. The van der Waals surface area contributed by atoms with E-state index in [-0.39, 0.29) is 18.3 Å². The molecule has 0 atom stereocenters. The summed E-state index contributed by atoms with van der Waals surface area (Å²) in [6.45, 7) is 1.23. The van der Waals surface area contributed by atoms with Crippen molar-refractivity contribution in [3.8, 4) is 5.88 Å². The van der Waals surface area contributed by atoms with E-state index < -0.39 is 0 Å². The van der Waals surface area contributed by atoms with Gasteiger partial charge in [-0.25, -0.2) is 4.99 Å². The number of oxime groups is 1. The summed E-state index contributed by atoms with van der Waals surface area (Å²) in [5.41, 5.74) is 4.37. The zero-order chi connectivity index (χ0) is 19.0. The van der Waals surface area contributed by atoms with Gasteiger partial charge in [0.05, 0.1) is 16.8 Å². The standard InChI is InChI=1S/C20H19BrN4O2.ClH/c1-25(2)10-11-27-24-18-12-6-3-4-9-15(12)22-19(18)16-13-7-5-8-14(21)17(13)23-20(16)26;/h3-9,23,26H,10-11H2,1-2H3;1H/b24-18+;. The summed E-state index contributed by atoms with van der Waals surface area (Å²) in [5.74, 6) is 0.0597. The Bertz CT molecular complexity index is 1080. The number of para-hydroxylation sites is 2. The number of likely N-dealkylation sites (N-methyl/N-ethyl adjacent to an activating group) is 1. The van der Waals surface area contributed by atoms with Gasteiger partial charge in [0.15, 0.2) is 5.88 Å². The molecule has 0 fully saturated rings. The van der Waals surface area contributed by atoms with Crippen LogP contribution in [0.3, 0.4) is 0 Å². The normalized spacial score (nSPS) is 14.3. The molecule has 0 spiro atoms. The van der Waals surface area contributed by atoms with E-state index in [1.165, 1.54) is 0 Å². The van der Waals surface area contributed by atoms with Crippen molar-refractivity contribution in [2.75, 3.05) is 27.2 Å². The maximum Gasteiger partial charge on any atom is 0.199 e. The maximum atomic E-state index is 10.6. The van der Waals surface area contributed by atoms with Gasteiger partial charge in [0.1, 0.15) is 18.0 Å². The number of aliphatic imine (C=N–C) groups is 1. The van der Waals surface area contributed by atoms with Gasteiger partial charge in [0.25, 0.3) is 0 Å². The van der Waals surface area contributed by atoms with Crippen LogP contribution in [-0.2, 0) is 4.84 Å². The Morgan fingerprint density at radius 2 is 1.96 bits per heavy atom. The summed E-state index contributed by atoms with van der Waals surface area (Å²) >= 11 is 3.52. The number of H-pyrrole nitrogens is 1. The van der Waals surface area contributed by atoms with Crippen LogP contribution in [0, 0.1) is 0 Å². The lowest BCUT2D eigenvalue weighted by Crippen LogP contribution is -2.18. The average Bonchev–Trinajstić information content (AvgIpc) is 3.16. The van der Waals surface area contributed by atoms with E-state index in [1.807, 2.05) is 61.5 Å². The molecule has 0 aliphatic carbocycles. The number of fused-ring (bicyclic) bond motifs is 2. The lowest BCUT2D eigenvalue weighted by molar-refractivity contribution is 0.126. The lowest BCUT2D eigenvalue weighted by Gasteiger charge is -2.09. The summed E-state index contributed by atoms with van der Waals surface area (Å²) in [6, 6.07) is 13.6. The Morgan fingerprint density at radius 3 is 2.75 bits per heavy atom. The minimum absolute atomic E-state index is 0. The quantitative estimate of drug-likeness (QED) is 0.433. The first-order chi connectivity index (χ1) is 13.1. The number of nitrogens with one attached hydrogen (secondary N) is 1. The van der Waals surface area contributed by atoms with E-state index in [2.05, 4.69) is 26.1 Å². The van der Waals surface area contributed by atoms with Crippen LogP contribution in [0.4, 0.5) is 5.69 Å². The minimum atomic E-state index is 0. The van der Waals surface area contributed by atoms with Gasteiger partial charge in [0, 0.05) is 22.0 Å². The Labute approximate surface area is 177 Å². The molecule has 2 heterocycles. The zero-order valence-corrected chi connectivity index (χ0v) is 17.8. The van der Waals surface area contributed by atoms with Gasteiger partial charge in [-0.1, -0.05) is 35.5 Å². The molecule has 0 unspecified atom stereocenters. The molecule has 1 aromatic heterocycles. The second-order valence-corrected chi connectivity index (χ2v) is 7.42. The van der Waals surface area contributed by atoms with E-state index in [9.17, 15) is 5.11 Å². The summed E-state index contributed by atoms with van der Waals surface area (Å²) < 4.78 is 0.874. The van der Waals surface area contributed by atoms with Gasteiger partial charge in [0.2, 0.25) is 0 Å². The maximum absolute atomic E-state index is 10.6. The van der Waals surface area contributed by atoms with Gasteiger partial charge in [-0.15, -0.1) is 12.4 Å². The molecule has 28 heavy (non-hydrogen) atoms. The van der Waals surface area contributed by atoms with Gasteiger partial charge in [-0.05, 0) is 42.2 Å². The van der Waals surface area contributed by atoms with Crippen molar-refractivity contribution in [2.45, 2.75) is 0 Å². The van der Waals surface area contributed by atoms with Gasteiger partial charge < -0.3 is 19.8 Å². The second-order valence-electron chi connectivity index (χ2n) is 6.56. The number of aromatic hydroxyl groups is 1. The number of hydrogen-bond donors (Lipinski definition) is 2. The molecule has 4 rings (SSSR count). The molecule has 0 radical (unpaired) electrons. The second kappa shape index (κ2) is 8.34. The molecule has 0 amide bonds. The van der Waals surface area contributed by atoms with Crippen LogP contribution in [0.1, 0.15) is 11.1 Å². The topological polar surface area (TPSA) is 73.2 Å². The Kier molecular flexibility index (Phi) is 6.07. The fourth-order valence-corrected chi connectivity index (χ4v) is 3.55. The first-order valence-electron chi connectivity index (χ1n) is 8.59. The number of hydrogen-bond acceptors (Lipinski definition) is 5. The highest BCUT2D eigenvalue weighted by atomic mass is 79.9. The summed E-state index contributed by atoms with van der Waals surface area (Å²) in [6.07, 6.45) is 0. The van der Waals surface area contributed by atoms with Crippen LogP contribution >= 0.6 is 28.3 Å². The average molecular weight is 464 g/mol. The van der Waals surface area contributed by atoms with Gasteiger partial charge in [-0.2, -0.15) is 0 Å². The highest BCUT2D eigenvalue weighted by Crippen LogP contribution is 2.37. The van der Waals surface area contributed by atoms with Crippen LogP contribution in [0.25, 0.3) is 10.9 Å². The molecule has 0 saturated carbocycles. The third kappa shape index (κ3) is 3.65. The number of halogens is 2. The number of benzene rings is 2. The van der Waals surface area contributed by atoms with Crippen molar-refractivity contribution in [2.24, 2.45) is 10.1 Å². The largest absolute Gasteiger partial charge is 0.494 e. The number of nitrogens with zero attached hydrogens (tertiary/aromatic N) is 3. The molecule has 0 saturated heterocycles. The first kappa shape index (κ1) is 20.4. The minimum Gasteiger partial charge on any atom is -0.494 e. The van der Waals surface area contributed by atoms with Crippen molar-refractivity contribution < 1.29 is 9.94 Å². The zero-order valence-electron chi connectivity index (χ0n) is 15.4. The monoisotopic (exact) mass is 462 g/mol. The summed E-state index contributed by atoms with van der Waals surface area (Å²) in [7, 11) is 3.96. The molecule has 8 heteroatoms. The highest BCUT2D eigenvalue weighted by Gasteiger charge is 2.29. The van der Waals surface area contributed by atoms with Crippen LogP contribution in [0.2, 0.25) is 0 Å². The third-order valence-corrected chi connectivity index (χ3v) is 5.06. The van der Waals surface area contributed by atoms with E-state index in [0.717, 1.165) is 33.2 Å². The summed E-state index contributed by atoms with van der Waals surface area (Å²) in [5, 5.41) is 15.8. The fourth-order valence-electron chi connectivity index (χ4n) is 3.08. The van der Waals surface area contributed by atoms with Crippen molar-refractivity contribution in [1.82, 2.24) is 9.88 Å². The Hall–Kier alpha value is -2.35. The fraction of sp³-hybridized carbons (Fsp3) is 0.200. The van der Waals surface area contributed by atoms with Crippen LogP contribution in [0.15, 0.2) is 57.1 Å². The SMILES string of the molecule is CN(C)CCO/N=C1/C(c2c(O)[nH]c3c(Br)cccc23)=Nc2ccccc21.Cl. The predicted octanol–water partition coefficient (Wildman–Crippen LogP) is 4.47. The molecule has 1 aliphatic rings. The molecule has 0 bridgehead atoms. The lowest BCUT2D eigenvalue weighted by atomic mass is 10.0. The van der Waals surface area contributed by atoms with E-state index in [1.54, 1.807) is 0 Å². The molecule has 1 aliphatic heterocycles. The first-order valence-corrected chi connectivity index (χ1v) is 9.38. The molecule has 146 valence electrons. The Balaban J connectivity index is 0.00000225. The molecular formula is C20H20BrClN4O2. The van der Waals surface area contributed by atoms with E-state index >= 15 is 0 Å². The van der Waals surface area contributed by atoms with Crippen molar-refractivity contribution >= 4 is 56.4 Å². The molecule has 6 nitrogen and oxygen atoms in total. The number of rotatable bonds is 5. The van der Waals surface area contributed by atoms with Crippen molar-refractivity contribution in [3.63, 3.8) is 0 Å². The molecule has 2 N–H and O–H groups in total. The molecule has 2 aromatic carbocycles. The molecular weight excluding hydrogens is 444 g/mol. The van der Waals surface area contributed by atoms with Crippen LogP contribution in [0.5, 0.6) is 5.88 Å². The Morgan fingerprint density at radius 1 is 1.18 bits per heavy atom.